The van der Waals surface area contributed by atoms with Crippen LogP contribution < -0.4 is 9.62 Å². The van der Waals surface area contributed by atoms with Gasteiger partial charge in [0.05, 0.1) is 16.1 Å². The number of halogens is 3. The number of benzene rings is 2. The lowest BCUT2D eigenvalue weighted by atomic mass is 9.95. The molecule has 2 aliphatic carbocycles. The molecule has 4 rings (SSSR count). The number of sulfonamides is 1. The van der Waals surface area contributed by atoms with E-state index >= 15 is 0 Å². The molecule has 0 heterocycles. The molecule has 9 heteroatoms. The summed E-state index contributed by atoms with van der Waals surface area (Å²) < 4.78 is 66.9. The van der Waals surface area contributed by atoms with Crippen molar-refractivity contribution in [3.05, 3.63) is 60.2 Å². The number of nitrogens with one attached hydrogen (secondary N) is 1. The molecule has 1 N–H and O–H groups in total. The standard InChI is InChI=1S/C22H23F3N2O3S/c23-22(24,25)17-5-4-6-18(13-17)27(31(29,30)19-7-2-1-3-8-19)14-21(28)26-20-12-15-9-10-16(20)11-15/h1-8,13,15-16,20H,9-12,14H2,(H,26,28). The van der Waals surface area contributed by atoms with Crippen LogP contribution in [0.2, 0.25) is 0 Å². The average Bonchev–Trinajstić information content (AvgIpc) is 3.35. The van der Waals surface area contributed by atoms with Crippen molar-refractivity contribution in [3.8, 4) is 0 Å². The number of amides is 1. The van der Waals surface area contributed by atoms with Gasteiger partial charge in [-0.05, 0) is 61.4 Å². The van der Waals surface area contributed by atoms with Crippen LogP contribution in [0.5, 0.6) is 0 Å². The lowest BCUT2D eigenvalue weighted by Gasteiger charge is -2.27. The molecule has 3 unspecified atom stereocenters. The second-order valence-corrected chi connectivity index (χ2v) is 10.1. The Morgan fingerprint density at radius 3 is 2.39 bits per heavy atom. The van der Waals surface area contributed by atoms with Gasteiger partial charge < -0.3 is 5.32 Å². The maximum absolute atomic E-state index is 13.3. The normalized spacial score (nSPS) is 23.0. The first-order valence-electron chi connectivity index (χ1n) is 10.2. The average molecular weight is 452 g/mol. The van der Waals surface area contributed by atoms with Crippen molar-refractivity contribution >= 4 is 21.6 Å². The van der Waals surface area contributed by atoms with E-state index in [4.69, 9.17) is 0 Å². The highest BCUT2D eigenvalue weighted by Gasteiger charge is 2.40. The fourth-order valence-corrected chi connectivity index (χ4v) is 6.11. The number of rotatable bonds is 6. The monoisotopic (exact) mass is 452 g/mol. The van der Waals surface area contributed by atoms with Crippen LogP contribution in [-0.4, -0.2) is 26.9 Å². The lowest BCUT2D eigenvalue weighted by molar-refractivity contribution is -0.137. The van der Waals surface area contributed by atoms with Crippen molar-refractivity contribution in [2.45, 2.75) is 42.8 Å². The molecule has 0 aliphatic heterocycles. The van der Waals surface area contributed by atoms with E-state index in [0.29, 0.717) is 11.8 Å². The SMILES string of the molecule is O=C(CN(c1cccc(C(F)(F)F)c1)S(=O)(=O)c1ccccc1)NC1CC2CCC1C2. The molecule has 1 amide bonds. The van der Waals surface area contributed by atoms with Crippen LogP contribution in [0.15, 0.2) is 59.5 Å². The first kappa shape index (κ1) is 21.7. The van der Waals surface area contributed by atoms with Gasteiger partial charge in [-0.2, -0.15) is 13.2 Å². The van der Waals surface area contributed by atoms with Gasteiger partial charge in [-0.25, -0.2) is 8.42 Å². The van der Waals surface area contributed by atoms with E-state index < -0.39 is 34.2 Å². The predicted octanol–water partition coefficient (Wildman–Crippen LogP) is 4.21. The molecule has 2 aliphatic rings. The Bertz CT molecular complexity index is 1060. The zero-order valence-corrected chi connectivity index (χ0v) is 17.5. The zero-order valence-electron chi connectivity index (χ0n) is 16.7. The molecule has 2 saturated carbocycles. The van der Waals surface area contributed by atoms with Crippen molar-refractivity contribution in [3.63, 3.8) is 0 Å². The summed E-state index contributed by atoms with van der Waals surface area (Å²) in [6.45, 7) is -0.591. The Hall–Kier alpha value is -2.55. The predicted molar refractivity (Wildman–Crippen MR) is 110 cm³/mol. The summed E-state index contributed by atoms with van der Waals surface area (Å²) in [5, 5.41) is 2.91. The Labute approximate surface area is 179 Å². The molecule has 0 aromatic heterocycles. The Balaban J connectivity index is 1.64. The first-order valence-corrected chi connectivity index (χ1v) is 11.6. The van der Waals surface area contributed by atoms with Crippen LogP contribution in [0.4, 0.5) is 18.9 Å². The Morgan fingerprint density at radius 2 is 1.77 bits per heavy atom. The Morgan fingerprint density at radius 1 is 1.03 bits per heavy atom. The van der Waals surface area contributed by atoms with Crippen molar-refractivity contribution in [2.24, 2.45) is 11.8 Å². The largest absolute Gasteiger partial charge is 0.416 e. The van der Waals surface area contributed by atoms with Gasteiger partial charge in [0.25, 0.3) is 10.0 Å². The number of carbonyl (C=O) groups is 1. The molecule has 2 aromatic rings. The van der Waals surface area contributed by atoms with E-state index in [0.717, 1.165) is 48.2 Å². The first-order chi connectivity index (χ1) is 14.6. The highest BCUT2D eigenvalue weighted by atomic mass is 32.2. The molecule has 0 radical (unpaired) electrons. The van der Waals surface area contributed by atoms with Gasteiger partial charge in [-0.1, -0.05) is 30.7 Å². The molecule has 3 atom stereocenters. The number of hydrogen-bond acceptors (Lipinski definition) is 3. The van der Waals surface area contributed by atoms with Crippen molar-refractivity contribution in [1.29, 1.82) is 0 Å². The van der Waals surface area contributed by atoms with Crippen molar-refractivity contribution in [1.82, 2.24) is 5.32 Å². The summed E-state index contributed by atoms with van der Waals surface area (Å²) in [6.07, 6.45) is -0.523. The number of nitrogens with zero attached hydrogens (tertiary/aromatic N) is 1. The van der Waals surface area contributed by atoms with E-state index in [-0.39, 0.29) is 16.6 Å². The summed E-state index contributed by atoms with van der Waals surface area (Å²) in [5.74, 6) is 0.457. The smallest absolute Gasteiger partial charge is 0.352 e. The third-order valence-electron chi connectivity index (χ3n) is 6.16. The minimum absolute atomic E-state index is 0.00552. The molecule has 2 bridgehead atoms. The summed E-state index contributed by atoms with van der Waals surface area (Å²) in [6, 6.07) is 11.4. The second kappa shape index (κ2) is 8.18. The zero-order chi connectivity index (χ0) is 22.2. The van der Waals surface area contributed by atoms with Crippen LogP contribution in [0.3, 0.4) is 0 Å². The van der Waals surface area contributed by atoms with E-state index in [2.05, 4.69) is 5.32 Å². The fourth-order valence-electron chi connectivity index (χ4n) is 4.68. The molecule has 2 fully saturated rings. The molecule has 166 valence electrons. The fraction of sp³-hybridized carbons (Fsp3) is 0.409. The highest BCUT2D eigenvalue weighted by Crippen LogP contribution is 2.44. The minimum atomic E-state index is -4.64. The molecule has 5 nitrogen and oxygen atoms in total. The number of fused-ring (bicyclic) bond motifs is 2. The summed E-state index contributed by atoms with van der Waals surface area (Å²) >= 11 is 0. The quantitative estimate of drug-likeness (QED) is 0.714. The molecule has 31 heavy (non-hydrogen) atoms. The highest BCUT2D eigenvalue weighted by molar-refractivity contribution is 7.92. The van der Waals surface area contributed by atoms with E-state index in [1.165, 1.54) is 30.3 Å². The van der Waals surface area contributed by atoms with Gasteiger partial charge in [0.1, 0.15) is 6.54 Å². The van der Waals surface area contributed by atoms with Crippen LogP contribution in [0.25, 0.3) is 0 Å². The molecule has 2 aromatic carbocycles. The van der Waals surface area contributed by atoms with Gasteiger partial charge in [0.2, 0.25) is 5.91 Å². The summed E-state index contributed by atoms with van der Waals surface area (Å²) in [5.41, 5.74) is -1.19. The number of anilines is 1. The third-order valence-corrected chi connectivity index (χ3v) is 7.95. The molecular formula is C22H23F3N2O3S. The number of hydrogen-bond donors (Lipinski definition) is 1. The van der Waals surface area contributed by atoms with Crippen molar-refractivity contribution < 1.29 is 26.4 Å². The van der Waals surface area contributed by atoms with Gasteiger partial charge in [0.15, 0.2) is 0 Å². The minimum Gasteiger partial charge on any atom is -0.352 e. The maximum atomic E-state index is 13.3. The maximum Gasteiger partial charge on any atom is 0.416 e. The van der Waals surface area contributed by atoms with E-state index in [9.17, 15) is 26.4 Å². The third kappa shape index (κ3) is 4.56. The molecular weight excluding hydrogens is 429 g/mol. The second-order valence-electron chi connectivity index (χ2n) is 8.22. The topological polar surface area (TPSA) is 66.5 Å². The van der Waals surface area contributed by atoms with Crippen LogP contribution >= 0.6 is 0 Å². The van der Waals surface area contributed by atoms with Gasteiger partial charge in [-0.15, -0.1) is 0 Å². The van der Waals surface area contributed by atoms with Crippen LogP contribution in [-0.2, 0) is 21.0 Å². The number of alkyl halides is 3. The van der Waals surface area contributed by atoms with Gasteiger partial charge >= 0.3 is 6.18 Å². The van der Waals surface area contributed by atoms with E-state index in [1.54, 1.807) is 6.07 Å². The van der Waals surface area contributed by atoms with Crippen LogP contribution in [0.1, 0.15) is 31.2 Å². The molecule has 0 spiro atoms. The Kier molecular flexibility index (Phi) is 5.72. The van der Waals surface area contributed by atoms with Crippen LogP contribution in [0, 0.1) is 11.8 Å². The number of carbonyl (C=O) groups excluding carboxylic acids is 1. The summed E-state index contributed by atoms with van der Waals surface area (Å²) in [7, 11) is -4.25. The lowest BCUT2D eigenvalue weighted by Crippen LogP contribution is -2.46. The summed E-state index contributed by atoms with van der Waals surface area (Å²) in [4.78, 5) is 12.7. The van der Waals surface area contributed by atoms with E-state index in [1.807, 2.05) is 0 Å². The van der Waals surface area contributed by atoms with Crippen molar-refractivity contribution in [2.75, 3.05) is 10.8 Å². The molecule has 0 saturated heterocycles. The van der Waals surface area contributed by atoms with Gasteiger partial charge in [0, 0.05) is 6.04 Å². The van der Waals surface area contributed by atoms with Gasteiger partial charge in [-0.3, -0.25) is 9.10 Å².